The SMILES string of the molecule is Cc1cc(Nc2cn(C)c3ccccc23)ncc1Br. The van der Waals surface area contributed by atoms with E-state index in [-0.39, 0.29) is 0 Å². The molecular formula is C15H14BrN3. The number of aryl methyl sites for hydroxylation is 2. The number of aromatic nitrogens is 2. The second kappa shape index (κ2) is 4.70. The van der Waals surface area contributed by atoms with Crippen LogP contribution in [0.2, 0.25) is 0 Å². The number of anilines is 2. The fraction of sp³-hybridized carbons (Fsp3) is 0.133. The van der Waals surface area contributed by atoms with Crippen LogP contribution in [0.5, 0.6) is 0 Å². The van der Waals surface area contributed by atoms with Crippen LogP contribution in [-0.2, 0) is 7.05 Å². The van der Waals surface area contributed by atoms with Gasteiger partial charge in [-0.05, 0) is 40.5 Å². The first kappa shape index (κ1) is 12.2. The topological polar surface area (TPSA) is 29.9 Å². The summed E-state index contributed by atoms with van der Waals surface area (Å²) in [7, 11) is 2.05. The monoisotopic (exact) mass is 315 g/mol. The maximum absolute atomic E-state index is 4.38. The largest absolute Gasteiger partial charge is 0.348 e. The molecule has 3 nitrogen and oxygen atoms in total. The summed E-state index contributed by atoms with van der Waals surface area (Å²) in [6, 6.07) is 10.4. The molecule has 0 radical (unpaired) electrons. The number of hydrogen-bond acceptors (Lipinski definition) is 2. The van der Waals surface area contributed by atoms with Gasteiger partial charge in [-0.3, -0.25) is 0 Å². The zero-order valence-electron chi connectivity index (χ0n) is 10.8. The Hall–Kier alpha value is -1.81. The molecule has 0 saturated heterocycles. The lowest BCUT2D eigenvalue weighted by Crippen LogP contribution is -1.93. The van der Waals surface area contributed by atoms with Crippen LogP contribution in [0.25, 0.3) is 10.9 Å². The standard InChI is InChI=1S/C15H14BrN3/c1-10-7-15(17-8-12(10)16)18-13-9-19(2)14-6-4-3-5-11(13)14/h3-9H,1-2H3,(H,17,18). The van der Waals surface area contributed by atoms with E-state index in [0.717, 1.165) is 21.5 Å². The number of hydrogen-bond donors (Lipinski definition) is 1. The summed E-state index contributed by atoms with van der Waals surface area (Å²) in [6.07, 6.45) is 3.91. The van der Waals surface area contributed by atoms with Gasteiger partial charge < -0.3 is 9.88 Å². The summed E-state index contributed by atoms with van der Waals surface area (Å²) in [5.41, 5.74) is 3.45. The third-order valence-corrected chi connectivity index (χ3v) is 4.04. The third-order valence-electron chi connectivity index (χ3n) is 3.21. The highest BCUT2D eigenvalue weighted by Crippen LogP contribution is 2.28. The average molecular weight is 316 g/mol. The predicted molar refractivity (Wildman–Crippen MR) is 82.9 cm³/mol. The Balaban J connectivity index is 2.03. The number of fused-ring (bicyclic) bond motifs is 1. The number of nitrogens with zero attached hydrogens (tertiary/aromatic N) is 2. The van der Waals surface area contributed by atoms with Crippen molar-refractivity contribution < 1.29 is 0 Å². The van der Waals surface area contributed by atoms with Gasteiger partial charge in [-0.2, -0.15) is 0 Å². The maximum atomic E-state index is 4.38. The minimum absolute atomic E-state index is 0.858. The third kappa shape index (κ3) is 2.24. The van der Waals surface area contributed by atoms with E-state index in [1.54, 1.807) is 0 Å². The van der Waals surface area contributed by atoms with Crippen LogP contribution in [0.1, 0.15) is 5.56 Å². The Morgan fingerprint density at radius 3 is 2.84 bits per heavy atom. The molecule has 0 bridgehead atoms. The van der Waals surface area contributed by atoms with Gasteiger partial charge >= 0.3 is 0 Å². The van der Waals surface area contributed by atoms with Crippen molar-refractivity contribution in [1.29, 1.82) is 0 Å². The summed E-state index contributed by atoms with van der Waals surface area (Å²) in [4.78, 5) is 4.38. The Labute approximate surface area is 120 Å². The number of pyridine rings is 1. The summed E-state index contributed by atoms with van der Waals surface area (Å²) >= 11 is 3.46. The van der Waals surface area contributed by atoms with Gasteiger partial charge in [0, 0.05) is 34.8 Å². The van der Waals surface area contributed by atoms with E-state index in [4.69, 9.17) is 0 Å². The zero-order chi connectivity index (χ0) is 13.4. The summed E-state index contributed by atoms with van der Waals surface area (Å²) in [5.74, 6) is 0.858. The van der Waals surface area contributed by atoms with Gasteiger partial charge in [0.1, 0.15) is 5.82 Å². The molecule has 4 heteroatoms. The number of rotatable bonds is 2. The second-order valence-corrected chi connectivity index (χ2v) is 5.47. The van der Waals surface area contributed by atoms with Crippen LogP contribution >= 0.6 is 15.9 Å². The Morgan fingerprint density at radius 2 is 2.05 bits per heavy atom. The molecule has 19 heavy (non-hydrogen) atoms. The summed E-state index contributed by atoms with van der Waals surface area (Å²) in [6.45, 7) is 2.06. The van der Waals surface area contributed by atoms with Crippen molar-refractivity contribution >= 4 is 38.3 Å². The van der Waals surface area contributed by atoms with Crippen molar-refractivity contribution in [2.24, 2.45) is 7.05 Å². The molecular weight excluding hydrogens is 302 g/mol. The van der Waals surface area contributed by atoms with Crippen LogP contribution in [0.3, 0.4) is 0 Å². The molecule has 0 aliphatic heterocycles. The molecule has 0 atom stereocenters. The minimum Gasteiger partial charge on any atom is -0.348 e. The molecule has 1 aromatic carbocycles. The maximum Gasteiger partial charge on any atom is 0.130 e. The fourth-order valence-electron chi connectivity index (χ4n) is 2.19. The van der Waals surface area contributed by atoms with Gasteiger partial charge in [-0.1, -0.05) is 18.2 Å². The second-order valence-electron chi connectivity index (χ2n) is 4.61. The molecule has 2 heterocycles. The molecule has 0 amide bonds. The zero-order valence-corrected chi connectivity index (χ0v) is 12.4. The van der Waals surface area contributed by atoms with Crippen molar-refractivity contribution in [1.82, 2.24) is 9.55 Å². The number of nitrogens with one attached hydrogen (secondary N) is 1. The molecule has 0 spiro atoms. The molecule has 3 aromatic rings. The van der Waals surface area contributed by atoms with Crippen molar-refractivity contribution in [2.45, 2.75) is 6.92 Å². The Bertz CT molecular complexity index is 746. The van der Waals surface area contributed by atoms with Gasteiger partial charge in [-0.25, -0.2) is 4.98 Å². The highest BCUT2D eigenvalue weighted by atomic mass is 79.9. The van der Waals surface area contributed by atoms with Gasteiger partial charge in [0.05, 0.1) is 5.69 Å². The van der Waals surface area contributed by atoms with E-state index in [1.165, 1.54) is 10.9 Å². The van der Waals surface area contributed by atoms with Gasteiger partial charge in [0.2, 0.25) is 0 Å². The molecule has 0 unspecified atom stereocenters. The number of halogens is 1. The van der Waals surface area contributed by atoms with Crippen molar-refractivity contribution in [3.8, 4) is 0 Å². The van der Waals surface area contributed by atoms with Gasteiger partial charge in [0.15, 0.2) is 0 Å². The molecule has 1 N–H and O–H groups in total. The van der Waals surface area contributed by atoms with Crippen LogP contribution in [0.15, 0.2) is 47.2 Å². The van der Waals surface area contributed by atoms with Gasteiger partial charge in [0.25, 0.3) is 0 Å². The first-order valence-corrected chi connectivity index (χ1v) is 6.87. The van der Waals surface area contributed by atoms with Crippen LogP contribution in [0, 0.1) is 6.92 Å². The number of para-hydroxylation sites is 1. The Morgan fingerprint density at radius 1 is 1.26 bits per heavy atom. The minimum atomic E-state index is 0.858. The van der Waals surface area contributed by atoms with Crippen LogP contribution in [0.4, 0.5) is 11.5 Å². The highest BCUT2D eigenvalue weighted by molar-refractivity contribution is 9.10. The lowest BCUT2D eigenvalue weighted by Gasteiger charge is -2.05. The van der Waals surface area contributed by atoms with E-state index in [2.05, 4.69) is 56.1 Å². The quantitative estimate of drug-likeness (QED) is 0.760. The molecule has 2 aromatic heterocycles. The van der Waals surface area contributed by atoms with Crippen molar-refractivity contribution in [3.05, 3.63) is 52.8 Å². The van der Waals surface area contributed by atoms with Crippen molar-refractivity contribution in [3.63, 3.8) is 0 Å². The molecule has 0 aliphatic carbocycles. The van der Waals surface area contributed by atoms with E-state index in [9.17, 15) is 0 Å². The molecule has 3 rings (SSSR count). The van der Waals surface area contributed by atoms with Crippen molar-refractivity contribution in [2.75, 3.05) is 5.32 Å². The first-order valence-electron chi connectivity index (χ1n) is 6.08. The Kier molecular flexibility index (Phi) is 3.03. The summed E-state index contributed by atoms with van der Waals surface area (Å²) < 4.78 is 3.14. The van der Waals surface area contributed by atoms with E-state index in [1.807, 2.05) is 31.4 Å². The van der Waals surface area contributed by atoms with Gasteiger partial charge in [-0.15, -0.1) is 0 Å². The smallest absolute Gasteiger partial charge is 0.130 e. The molecule has 0 fully saturated rings. The predicted octanol–water partition coefficient (Wildman–Crippen LogP) is 4.39. The molecule has 0 saturated carbocycles. The van der Waals surface area contributed by atoms with E-state index < -0.39 is 0 Å². The first-order chi connectivity index (χ1) is 9.15. The number of benzene rings is 1. The van der Waals surface area contributed by atoms with E-state index in [0.29, 0.717) is 0 Å². The average Bonchev–Trinajstić information content (AvgIpc) is 2.72. The molecule has 96 valence electrons. The normalized spacial score (nSPS) is 10.9. The fourth-order valence-corrected chi connectivity index (χ4v) is 2.40. The van der Waals surface area contributed by atoms with E-state index >= 15 is 0 Å². The lowest BCUT2D eigenvalue weighted by atomic mass is 10.2. The molecule has 0 aliphatic rings. The summed E-state index contributed by atoms with van der Waals surface area (Å²) in [5, 5.41) is 4.58. The lowest BCUT2D eigenvalue weighted by molar-refractivity contribution is 0.970. The van der Waals surface area contributed by atoms with Crippen LogP contribution < -0.4 is 5.32 Å². The van der Waals surface area contributed by atoms with Crippen LogP contribution in [-0.4, -0.2) is 9.55 Å². The highest BCUT2D eigenvalue weighted by Gasteiger charge is 2.07.